The Bertz CT molecular complexity index is 2710. The molecule has 21 unspecified atom stereocenters. The van der Waals surface area contributed by atoms with Gasteiger partial charge in [0, 0.05) is 76.5 Å². The van der Waals surface area contributed by atoms with Gasteiger partial charge in [-0.05, 0) is 58.8 Å². The summed E-state index contributed by atoms with van der Waals surface area (Å²) in [6.45, 7) is 6.58. The Balaban J connectivity index is 1.24. The number of hydrogen-bond acceptors (Lipinski definition) is 23. The number of esters is 1. The number of nitrogens with one attached hydrogen (secondary N) is 3. The van der Waals surface area contributed by atoms with Gasteiger partial charge in [0.2, 0.25) is 29.5 Å². The molecule has 21 atom stereocenters. The van der Waals surface area contributed by atoms with Crippen LogP contribution in [0.4, 0.5) is 0 Å². The number of likely N-dealkylation sites (tertiary alicyclic amines) is 2. The van der Waals surface area contributed by atoms with Crippen LogP contribution in [-0.4, -0.2) is 263 Å². The molecule has 0 radical (unpaired) electrons. The molecule has 0 aromatic heterocycles. The van der Waals surface area contributed by atoms with E-state index in [0.29, 0.717) is 25.7 Å². The summed E-state index contributed by atoms with van der Waals surface area (Å²) in [7, 11) is 0. The summed E-state index contributed by atoms with van der Waals surface area (Å²) in [6, 6.07) is -3.02. The predicted octanol–water partition coefficient (Wildman–Crippen LogP) is -1.16. The smallest absolute Gasteiger partial charge is 0.326 e. The number of carboxylic acids is 1. The van der Waals surface area contributed by atoms with Crippen LogP contribution in [0.1, 0.15) is 118 Å². The summed E-state index contributed by atoms with van der Waals surface area (Å²) in [5, 5.41) is 128. The first-order chi connectivity index (χ1) is 45.6. The highest BCUT2D eigenvalue weighted by Crippen LogP contribution is 2.38. The lowest BCUT2D eigenvalue weighted by molar-refractivity contribution is -0.307. The summed E-state index contributed by atoms with van der Waals surface area (Å²) in [5.41, 5.74) is 6.16. The maximum absolute atomic E-state index is 14.2. The number of amides is 5. The molecule has 0 spiro atoms. The Kier molecular flexibility index (Phi) is 34.1. The minimum atomic E-state index is -2.39. The second kappa shape index (κ2) is 40.7. The van der Waals surface area contributed by atoms with Gasteiger partial charge in [0.1, 0.15) is 24.3 Å². The quantitative estimate of drug-likeness (QED) is 0.0640. The van der Waals surface area contributed by atoms with E-state index in [1.54, 1.807) is 86.8 Å². The SMILES string of the molecule is CC1C=CC=CC=CC=CC=CC=CC=CC(OC2OC(C)C(O)C(N)C2O)CC2OC(O)(CC(O)CC(O)C(O)CCC(O)CC(O)CC(=O)OC(C)C(C)C1O)CC(O)C2C(=O)NCCOCCNC(=O)CCC(=O)N1CCCC1C(=O)NCC(=O)N1CCCC1C(=O)O. The molecule has 0 aromatic carbocycles. The van der Waals surface area contributed by atoms with Crippen LogP contribution in [0.2, 0.25) is 0 Å². The fourth-order valence-corrected chi connectivity index (χ4v) is 12.2. The molecule has 0 aromatic rings. The summed E-state index contributed by atoms with van der Waals surface area (Å²) < 4.78 is 29.5. The molecule has 5 aliphatic rings. The highest BCUT2D eigenvalue weighted by molar-refractivity contribution is 5.93. The molecule has 540 valence electrons. The molecule has 0 saturated carbocycles. The summed E-state index contributed by atoms with van der Waals surface area (Å²) in [5.74, 6) is -9.28. The van der Waals surface area contributed by atoms with Crippen LogP contribution in [0.5, 0.6) is 0 Å². The van der Waals surface area contributed by atoms with Gasteiger partial charge >= 0.3 is 11.9 Å². The van der Waals surface area contributed by atoms with Crippen molar-refractivity contribution < 1.29 is 113 Å². The fourth-order valence-electron chi connectivity index (χ4n) is 12.2. The molecular formula is C67H104N6O23. The van der Waals surface area contributed by atoms with E-state index >= 15 is 0 Å². The van der Waals surface area contributed by atoms with E-state index in [1.165, 1.54) is 22.8 Å². The Morgan fingerprint density at radius 3 is 1.84 bits per heavy atom. The number of ether oxygens (including phenoxy) is 5. The number of rotatable bonds is 16. The van der Waals surface area contributed by atoms with Crippen molar-refractivity contribution in [3.8, 4) is 0 Å². The van der Waals surface area contributed by atoms with Gasteiger partial charge in [0.15, 0.2) is 12.1 Å². The molecule has 29 heteroatoms. The van der Waals surface area contributed by atoms with E-state index in [2.05, 4.69) is 16.0 Å². The zero-order chi connectivity index (χ0) is 70.6. The number of aliphatic hydroxyl groups is 10. The average Bonchev–Trinajstić information content (AvgIpc) is 1.48. The van der Waals surface area contributed by atoms with Gasteiger partial charge in [-0.1, -0.05) is 98.9 Å². The van der Waals surface area contributed by atoms with Crippen molar-refractivity contribution in [1.29, 1.82) is 0 Å². The van der Waals surface area contributed by atoms with Crippen molar-refractivity contribution >= 4 is 41.5 Å². The topological polar surface area (TPSA) is 457 Å². The number of fused-ring (bicyclic) bond motifs is 2. The Hall–Kier alpha value is -6.13. The Morgan fingerprint density at radius 2 is 1.21 bits per heavy atom. The minimum absolute atomic E-state index is 0.0103. The van der Waals surface area contributed by atoms with Gasteiger partial charge in [-0.15, -0.1) is 0 Å². The highest BCUT2D eigenvalue weighted by atomic mass is 16.7. The normalized spacial score (nSPS) is 35.3. The van der Waals surface area contributed by atoms with Gasteiger partial charge in [-0.3, -0.25) is 28.8 Å². The van der Waals surface area contributed by atoms with Crippen LogP contribution in [0.3, 0.4) is 0 Å². The van der Waals surface area contributed by atoms with Crippen LogP contribution in [0, 0.1) is 17.8 Å². The monoisotopic (exact) mass is 1360 g/mol. The Morgan fingerprint density at radius 1 is 0.615 bits per heavy atom. The number of aliphatic carboxylic acids is 1. The van der Waals surface area contributed by atoms with E-state index in [0.717, 1.165) is 0 Å². The lowest BCUT2D eigenvalue weighted by atomic mass is 9.82. The maximum Gasteiger partial charge on any atom is 0.326 e. The molecular weight excluding hydrogens is 1260 g/mol. The van der Waals surface area contributed by atoms with Crippen LogP contribution in [0.25, 0.3) is 0 Å². The molecule has 0 aliphatic carbocycles. The molecule has 2 bridgehead atoms. The average molecular weight is 1360 g/mol. The molecule has 29 nitrogen and oxygen atoms in total. The lowest BCUT2D eigenvalue weighted by Gasteiger charge is -2.46. The fraction of sp³-hybridized carbons (Fsp3) is 0.687. The van der Waals surface area contributed by atoms with E-state index in [9.17, 15) is 89.7 Å². The standard InChI is InChI=1S/C67H104N6O23/c1-40-19-15-13-11-9-7-5-6-8-10-12-14-16-20-47(95-66-62(86)59(68)61(85)43(4)94-66)36-53-58(52(79)38-67(91,96-53)37-46(76)34-51(78)50(77)24-23-44(74)33-45(75)35-57(83)93-42(3)41(2)60(40)84)64(88)70-28-32-92-31-27-69-54(80)25-26-55(81)72-29-17-21-48(72)63(87)71-39-56(82)73-30-18-22-49(73)65(89)90/h5-16,19-20,40-53,58-62,66,74-79,84-86,91H,17-18,21-39,68H2,1-4H3,(H,69,80)(H,70,88)(H,71,87)(H,89,90). The second-order valence-corrected chi connectivity index (χ2v) is 25.5. The van der Waals surface area contributed by atoms with Crippen molar-refractivity contribution in [3.63, 3.8) is 0 Å². The first-order valence-corrected chi connectivity index (χ1v) is 33.3. The van der Waals surface area contributed by atoms with Crippen LogP contribution >= 0.6 is 0 Å². The number of allylic oxidation sites excluding steroid dienone is 12. The van der Waals surface area contributed by atoms with Crippen molar-refractivity contribution in [3.05, 3.63) is 85.1 Å². The molecule has 16 N–H and O–H groups in total. The third-order valence-corrected chi connectivity index (χ3v) is 17.9. The third-order valence-electron chi connectivity index (χ3n) is 17.9. The van der Waals surface area contributed by atoms with Gasteiger partial charge in [0.05, 0.1) is 105 Å². The summed E-state index contributed by atoms with van der Waals surface area (Å²) in [6.07, 6.45) is 3.88. The van der Waals surface area contributed by atoms with Gasteiger partial charge < -0.3 is 111 Å². The number of carboxylic acid groups (broad SMARTS) is 1. The second-order valence-electron chi connectivity index (χ2n) is 25.5. The van der Waals surface area contributed by atoms with Crippen LogP contribution < -0.4 is 21.7 Å². The van der Waals surface area contributed by atoms with Gasteiger partial charge in [-0.2, -0.15) is 0 Å². The number of nitrogens with two attached hydrogens (primary N) is 1. The van der Waals surface area contributed by atoms with Gasteiger partial charge in [0.25, 0.3) is 0 Å². The highest BCUT2D eigenvalue weighted by Gasteiger charge is 2.51. The summed E-state index contributed by atoms with van der Waals surface area (Å²) in [4.78, 5) is 92.8. The third kappa shape index (κ3) is 26.3. The van der Waals surface area contributed by atoms with Crippen molar-refractivity contribution in [2.45, 2.75) is 227 Å². The lowest BCUT2D eigenvalue weighted by Crippen LogP contribution is -2.62. The molecule has 5 heterocycles. The number of aliphatic hydroxyl groups excluding tert-OH is 9. The number of carbonyl (C=O) groups excluding carboxylic acids is 6. The van der Waals surface area contributed by atoms with Crippen molar-refractivity contribution in [2.75, 3.05) is 45.9 Å². The summed E-state index contributed by atoms with van der Waals surface area (Å²) >= 11 is 0. The van der Waals surface area contributed by atoms with E-state index in [-0.39, 0.29) is 83.8 Å². The minimum Gasteiger partial charge on any atom is -0.480 e. The molecule has 5 aliphatic heterocycles. The maximum atomic E-state index is 14.2. The van der Waals surface area contributed by atoms with Crippen LogP contribution in [-0.2, 0) is 57.2 Å². The number of cyclic esters (lactones) is 1. The molecule has 4 saturated heterocycles. The first-order valence-electron chi connectivity index (χ1n) is 33.3. The molecule has 5 rings (SSSR count). The van der Waals surface area contributed by atoms with Gasteiger partial charge in [-0.25, -0.2) is 4.79 Å². The number of nitrogens with zero attached hydrogens (tertiary/aromatic N) is 2. The number of carbonyl (C=O) groups is 7. The Labute approximate surface area is 560 Å². The molecule has 96 heavy (non-hydrogen) atoms. The molecule has 4 fully saturated rings. The van der Waals surface area contributed by atoms with E-state index in [1.807, 2.05) is 13.0 Å². The number of hydrogen-bond donors (Lipinski definition) is 15. The predicted molar refractivity (Wildman–Crippen MR) is 346 cm³/mol. The van der Waals surface area contributed by atoms with E-state index < -0.39 is 195 Å². The molecule has 5 amide bonds. The first kappa shape index (κ1) is 80.6. The largest absolute Gasteiger partial charge is 0.480 e. The van der Waals surface area contributed by atoms with E-state index in [4.69, 9.17) is 29.4 Å². The van der Waals surface area contributed by atoms with Crippen molar-refractivity contribution in [2.24, 2.45) is 23.5 Å². The van der Waals surface area contributed by atoms with Crippen LogP contribution in [0.15, 0.2) is 85.1 Å². The zero-order valence-corrected chi connectivity index (χ0v) is 55.3. The van der Waals surface area contributed by atoms with Crippen molar-refractivity contribution in [1.82, 2.24) is 25.8 Å². The zero-order valence-electron chi connectivity index (χ0n) is 55.3.